The molecule has 0 aromatic heterocycles. The van der Waals surface area contributed by atoms with Gasteiger partial charge >= 0.3 is 0 Å². The second kappa shape index (κ2) is 44.4. The number of carbonyl (C=O) groups excluding carboxylic acids is 1. The molecule has 0 saturated heterocycles. The molecule has 0 radical (unpaired) electrons. The third-order valence-corrected chi connectivity index (χ3v) is 9.26. The minimum Gasteiger partial charge on any atom is -0.394 e. The SMILES string of the molecule is CC/C=C\C/C=C\C/C=C\C/C=C\C/C=C\C/C=C\C/C=C\C/C=C\CCCCCCCCCCCCCCC(=O)NC(CO)C(O)/C=C/CCCCC. The average Bonchev–Trinajstić information content (AvgIpc) is 3.18. The van der Waals surface area contributed by atoms with Crippen molar-refractivity contribution in [3.63, 3.8) is 0 Å². The van der Waals surface area contributed by atoms with Gasteiger partial charge in [-0.05, 0) is 83.5 Å². The van der Waals surface area contributed by atoms with Crippen LogP contribution in [-0.4, -0.2) is 34.9 Å². The highest BCUT2D eigenvalue weighted by atomic mass is 16.3. The molecule has 0 aromatic rings. The topological polar surface area (TPSA) is 69.6 Å². The Morgan fingerprint density at radius 1 is 0.463 bits per heavy atom. The van der Waals surface area contributed by atoms with Crippen LogP contribution in [0.5, 0.6) is 0 Å². The summed E-state index contributed by atoms with van der Waals surface area (Å²) in [5, 5.41) is 22.6. The van der Waals surface area contributed by atoms with Gasteiger partial charge in [0.1, 0.15) is 0 Å². The van der Waals surface area contributed by atoms with Gasteiger partial charge in [-0.2, -0.15) is 0 Å². The van der Waals surface area contributed by atoms with Crippen molar-refractivity contribution in [3.8, 4) is 0 Å². The molecule has 0 heterocycles. The van der Waals surface area contributed by atoms with Gasteiger partial charge in [0.25, 0.3) is 0 Å². The third kappa shape index (κ3) is 40.2. The molecule has 0 bridgehead atoms. The lowest BCUT2D eigenvalue weighted by atomic mass is 10.0. The number of unbranched alkanes of at least 4 members (excludes halogenated alkanes) is 15. The van der Waals surface area contributed by atoms with Crippen LogP contribution in [0.3, 0.4) is 0 Å². The zero-order chi connectivity index (χ0) is 39.3. The molecule has 0 aromatic carbocycles. The first kappa shape index (κ1) is 51.0. The van der Waals surface area contributed by atoms with E-state index in [0.717, 1.165) is 77.0 Å². The first-order valence-electron chi connectivity index (χ1n) is 22.1. The molecule has 0 rings (SSSR count). The summed E-state index contributed by atoms with van der Waals surface area (Å²) >= 11 is 0. The Morgan fingerprint density at radius 3 is 1.22 bits per heavy atom. The Labute approximate surface area is 334 Å². The molecule has 0 fully saturated rings. The summed E-state index contributed by atoms with van der Waals surface area (Å²) in [5.41, 5.74) is 0. The number of aliphatic hydroxyl groups excluding tert-OH is 2. The van der Waals surface area contributed by atoms with Crippen molar-refractivity contribution in [1.82, 2.24) is 5.32 Å². The third-order valence-electron chi connectivity index (χ3n) is 9.26. The van der Waals surface area contributed by atoms with Gasteiger partial charge in [-0.25, -0.2) is 0 Å². The number of allylic oxidation sites excluding steroid dienone is 17. The molecule has 0 aliphatic heterocycles. The summed E-state index contributed by atoms with van der Waals surface area (Å²) in [5.74, 6) is -0.0796. The van der Waals surface area contributed by atoms with Crippen LogP contribution in [0.25, 0.3) is 0 Å². The van der Waals surface area contributed by atoms with E-state index in [1.165, 1.54) is 83.5 Å². The van der Waals surface area contributed by atoms with E-state index in [4.69, 9.17) is 0 Å². The Kier molecular flexibility index (Phi) is 42.0. The number of hydrogen-bond donors (Lipinski definition) is 3. The number of aliphatic hydroxyl groups is 2. The van der Waals surface area contributed by atoms with Gasteiger partial charge in [-0.15, -0.1) is 0 Å². The largest absolute Gasteiger partial charge is 0.394 e. The summed E-state index contributed by atoms with van der Waals surface area (Å²) in [4.78, 5) is 12.2. The first-order chi connectivity index (χ1) is 26.7. The van der Waals surface area contributed by atoms with Crippen molar-refractivity contribution in [3.05, 3.63) is 109 Å². The van der Waals surface area contributed by atoms with E-state index < -0.39 is 12.1 Å². The van der Waals surface area contributed by atoms with Crippen LogP contribution >= 0.6 is 0 Å². The smallest absolute Gasteiger partial charge is 0.220 e. The van der Waals surface area contributed by atoms with Crippen LogP contribution in [0.4, 0.5) is 0 Å². The van der Waals surface area contributed by atoms with Crippen LogP contribution in [0, 0.1) is 0 Å². The molecular weight excluding hydrogens is 663 g/mol. The number of rotatable bonds is 38. The van der Waals surface area contributed by atoms with E-state index in [0.29, 0.717) is 6.42 Å². The number of carbonyl (C=O) groups is 1. The molecule has 4 heteroatoms. The Bertz CT molecular complexity index is 1070. The van der Waals surface area contributed by atoms with E-state index in [1.54, 1.807) is 6.08 Å². The summed E-state index contributed by atoms with van der Waals surface area (Å²) in [6.07, 6.45) is 68.1. The van der Waals surface area contributed by atoms with E-state index in [9.17, 15) is 15.0 Å². The van der Waals surface area contributed by atoms with Crippen LogP contribution in [-0.2, 0) is 4.79 Å². The highest BCUT2D eigenvalue weighted by Gasteiger charge is 2.17. The molecule has 0 aliphatic rings. The quantitative estimate of drug-likeness (QED) is 0.0435. The van der Waals surface area contributed by atoms with Crippen molar-refractivity contribution in [2.24, 2.45) is 0 Å². The zero-order valence-electron chi connectivity index (χ0n) is 34.9. The Balaban J connectivity index is 3.54. The zero-order valence-corrected chi connectivity index (χ0v) is 34.9. The van der Waals surface area contributed by atoms with E-state index >= 15 is 0 Å². The highest BCUT2D eigenvalue weighted by molar-refractivity contribution is 5.76. The normalized spacial score (nSPS) is 14.1. The molecule has 1 amide bonds. The number of hydrogen-bond acceptors (Lipinski definition) is 3. The molecular formula is C50H83NO3. The lowest BCUT2D eigenvalue weighted by Crippen LogP contribution is -2.45. The predicted molar refractivity (Wildman–Crippen MR) is 239 cm³/mol. The fourth-order valence-electron chi connectivity index (χ4n) is 5.90. The molecule has 306 valence electrons. The molecule has 54 heavy (non-hydrogen) atoms. The van der Waals surface area contributed by atoms with E-state index in [2.05, 4.69) is 116 Å². The van der Waals surface area contributed by atoms with Gasteiger partial charge in [-0.3, -0.25) is 4.79 Å². The Hall–Kier alpha value is -2.95. The van der Waals surface area contributed by atoms with E-state index in [-0.39, 0.29) is 12.5 Å². The van der Waals surface area contributed by atoms with Crippen molar-refractivity contribution in [1.29, 1.82) is 0 Å². The maximum atomic E-state index is 12.2. The summed E-state index contributed by atoms with van der Waals surface area (Å²) < 4.78 is 0. The molecule has 0 saturated carbocycles. The standard InChI is InChI=1S/C50H83NO3/c1-3-5-7-9-10-11-12-13-14-15-16-17-18-19-20-21-22-23-24-25-26-27-28-29-30-31-32-33-34-35-36-37-38-39-40-42-44-46-50(54)51-48(47-52)49(53)45-43-41-8-6-4-2/h5,7,10-11,13-14,16-17,19-20,22-23,25-26,28-29,43,45,48-49,52-53H,3-4,6,8-9,12,15,18,21,24,27,30-42,44,46-47H2,1-2H3,(H,51,54)/b7-5-,11-10-,14-13-,17-16-,20-19-,23-22-,26-25-,29-28-,45-43+. The summed E-state index contributed by atoms with van der Waals surface area (Å²) in [6.45, 7) is 4.07. The molecule has 0 spiro atoms. The average molecular weight is 746 g/mol. The molecule has 2 unspecified atom stereocenters. The minimum absolute atomic E-state index is 0.0796. The maximum Gasteiger partial charge on any atom is 0.220 e. The van der Waals surface area contributed by atoms with Crippen molar-refractivity contribution in [2.45, 2.75) is 193 Å². The fraction of sp³-hybridized carbons (Fsp3) is 0.620. The van der Waals surface area contributed by atoms with Gasteiger partial charge in [0.05, 0.1) is 18.8 Å². The summed E-state index contributed by atoms with van der Waals surface area (Å²) in [6, 6.07) is -0.625. The van der Waals surface area contributed by atoms with Gasteiger partial charge in [0.2, 0.25) is 5.91 Å². The summed E-state index contributed by atoms with van der Waals surface area (Å²) in [7, 11) is 0. The number of amides is 1. The fourth-order valence-corrected chi connectivity index (χ4v) is 5.90. The number of nitrogens with one attached hydrogen (secondary N) is 1. The van der Waals surface area contributed by atoms with Crippen LogP contribution < -0.4 is 5.32 Å². The highest BCUT2D eigenvalue weighted by Crippen LogP contribution is 2.13. The minimum atomic E-state index is -0.841. The van der Waals surface area contributed by atoms with Crippen molar-refractivity contribution in [2.75, 3.05) is 6.61 Å². The lowest BCUT2D eigenvalue weighted by Gasteiger charge is -2.20. The van der Waals surface area contributed by atoms with Crippen LogP contribution in [0.1, 0.15) is 181 Å². The lowest BCUT2D eigenvalue weighted by molar-refractivity contribution is -0.123. The molecule has 0 aliphatic carbocycles. The van der Waals surface area contributed by atoms with E-state index in [1.807, 2.05) is 6.08 Å². The van der Waals surface area contributed by atoms with Gasteiger partial charge in [0, 0.05) is 6.42 Å². The maximum absolute atomic E-state index is 12.2. The Morgan fingerprint density at radius 2 is 0.815 bits per heavy atom. The van der Waals surface area contributed by atoms with Crippen molar-refractivity contribution >= 4 is 5.91 Å². The second-order valence-electron chi connectivity index (χ2n) is 14.4. The van der Waals surface area contributed by atoms with Crippen molar-refractivity contribution < 1.29 is 15.0 Å². The predicted octanol–water partition coefficient (Wildman–Crippen LogP) is 14.0. The van der Waals surface area contributed by atoms with Gasteiger partial charge in [-0.1, -0.05) is 200 Å². The van der Waals surface area contributed by atoms with Crippen LogP contribution in [0.2, 0.25) is 0 Å². The second-order valence-corrected chi connectivity index (χ2v) is 14.4. The van der Waals surface area contributed by atoms with Gasteiger partial charge in [0.15, 0.2) is 0 Å². The monoisotopic (exact) mass is 746 g/mol. The van der Waals surface area contributed by atoms with Gasteiger partial charge < -0.3 is 15.5 Å². The molecule has 2 atom stereocenters. The molecule has 4 nitrogen and oxygen atoms in total. The molecule has 3 N–H and O–H groups in total. The first-order valence-corrected chi connectivity index (χ1v) is 22.1. The van der Waals surface area contributed by atoms with Crippen LogP contribution in [0.15, 0.2) is 109 Å².